The van der Waals surface area contributed by atoms with E-state index >= 15 is 0 Å². The molecule has 194 valence electrons. The number of fused-ring (bicyclic) bond motifs is 2. The number of anilines is 2. The monoisotopic (exact) mass is 538 g/mol. The van der Waals surface area contributed by atoms with Crippen LogP contribution in [0.1, 0.15) is 21.2 Å². The second-order valence-corrected chi connectivity index (χ2v) is 10.7. The number of rotatable bonds is 7. The third kappa shape index (κ3) is 5.75. The lowest BCUT2D eigenvalue weighted by Gasteiger charge is -2.18. The highest BCUT2D eigenvalue weighted by molar-refractivity contribution is 8.00. The number of hydrogen-bond acceptors (Lipinski definition) is 3. The fraction of sp³-hybridized carbons (Fsp3) is 0.0286. The van der Waals surface area contributed by atoms with Gasteiger partial charge in [0, 0.05) is 21.8 Å². The smallest absolute Gasteiger partial charge is 0.255 e. The predicted octanol–water partition coefficient (Wildman–Crippen LogP) is 8.72. The number of hydrogen-bond donors (Lipinski definition) is 2. The van der Waals surface area contributed by atoms with Crippen LogP contribution in [0.5, 0.6) is 0 Å². The number of nitrogens with one attached hydrogen (secondary N) is 2. The molecule has 0 saturated carbocycles. The average Bonchev–Trinajstić information content (AvgIpc) is 3.00. The van der Waals surface area contributed by atoms with E-state index in [4.69, 9.17) is 0 Å². The topological polar surface area (TPSA) is 58.2 Å². The molecule has 1 unspecified atom stereocenters. The van der Waals surface area contributed by atoms with Crippen molar-refractivity contribution in [1.82, 2.24) is 0 Å². The Balaban J connectivity index is 1.22. The molecule has 0 aliphatic carbocycles. The van der Waals surface area contributed by atoms with Gasteiger partial charge in [-0.25, -0.2) is 0 Å². The first-order valence-electron chi connectivity index (χ1n) is 13.0. The zero-order valence-electron chi connectivity index (χ0n) is 21.6. The molecule has 6 aromatic carbocycles. The van der Waals surface area contributed by atoms with Crippen LogP contribution in [-0.4, -0.2) is 11.8 Å². The van der Waals surface area contributed by atoms with E-state index in [1.807, 2.05) is 133 Å². The van der Waals surface area contributed by atoms with Crippen molar-refractivity contribution in [1.29, 1.82) is 0 Å². The second kappa shape index (κ2) is 11.5. The van der Waals surface area contributed by atoms with E-state index in [2.05, 4.69) is 16.7 Å². The second-order valence-electron chi connectivity index (χ2n) is 9.50. The molecule has 0 aromatic heterocycles. The van der Waals surface area contributed by atoms with E-state index in [-0.39, 0.29) is 11.8 Å². The molecular weight excluding hydrogens is 512 g/mol. The van der Waals surface area contributed by atoms with Crippen LogP contribution in [0.25, 0.3) is 21.5 Å². The molecule has 0 spiro atoms. The lowest BCUT2D eigenvalue weighted by Crippen LogP contribution is -2.19. The van der Waals surface area contributed by atoms with Gasteiger partial charge in [-0.05, 0) is 69.6 Å². The molecular formula is C35H26N2O2S. The summed E-state index contributed by atoms with van der Waals surface area (Å²) in [5, 5.41) is 9.93. The average molecular weight is 539 g/mol. The Bertz CT molecular complexity index is 1830. The van der Waals surface area contributed by atoms with Crippen LogP contribution >= 0.6 is 11.8 Å². The normalized spacial score (nSPS) is 11.7. The maximum Gasteiger partial charge on any atom is 0.255 e. The summed E-state index contributed by atoms with van der Waals surface area (Å²) >= 11 is 1.45. The van der Waals surface area contributed by atoms with Crippen LogP contribution in [0.15, 0.2) is 144 Å². The lowest BCUT2D eigenvalue weighted by molar-refractivity contribution is -0.115. The summed E-state index contributed by atoms with van der Waals surface area (Å²) in [5.41, 5.74) is 2.91. The van der Waals surface area contributed by atoms with Crippen LogP contribution in [-0.2, 0) is 4.79 Å². The van der Waals surface area contributed by atoms with E-state index in [1.54, 1.807) is 0 Å². The van der Waals surface area contributed by atoms with Crippen molar-refractivity contribution in [2.75, 3.05) is 10.6 Å². The Labute approximate surface area is 237 Å². The van der Waals surface area contributed by atoms with Crippen molar-refractivity contribution in [3.8, 4) is 0 Å². The Morgan fingerprint density at radius 2 is 1.15 bits per heavy atom. The lowest BCUT2D eigenvalue weighted by atomic mass is 10.1. The molecule has 2 N–H and O–H groups in total. The highest BCUT2D eigenvalue weighted by atomic mass is 32.2. The predicted molar refractivity (Wildman–Crippen MR) is 166 cm³/mol. The van der Waals surface area contributed by atoms with Gasteiger partial charge in [0.15, 0.2) is 0 Å². The molecule has 1 atom stereocenters. The van der Waals surface area contributed by atoms with Crippen LogP contribution in [0.3, 0.4) is 0 Å². The minimum Gasteiger partial charge on any atom is -0.325 e. The zero-order valence-corrected chi connectivity index (χ0v) is 22.4. The molecule has 6 aromatic rings. The number of benzene rings is 6. The molecule has 5 heteroatoms. The van der Waals surface area contributed by atoms with Crippen molar-refractivity contribution in [2.24, 2.45) is 0 Å². The minimum atomic E-state index is -0.487. The highest BCUT2D eigenvalue weighted by Crippen LogP contribution is 2.37. The maximum absolute atomic E-state index is 13.6. The molecule has 0 heterocycles. The van der Waals surface area contributed by atoms with Gasteiger partial charge in [-0.3, -0.25) is 9.59 Å². The summed E-state index contributed by atoms with van der Waals surface area (Å²) < 4.78 is 0. The van der Waals surface area contributed by atoms with Gasteiger partial charge in [-0.15, -0.1) is 11.8 Å². The minimum absolute atomic E-state index is 0.114. The maximum atomic E-state index is 13.6. The van der Waals surface area contributed by atoms with Gasteiger partial charge in [-0.2, -0.15) is 0 Å². The fourth-order valence-electron chi connectivity index (χ4n) is 4.69. The van der Waals surface area contributed by atoms with Crippen LogP contribution < -0.4 is 10.6 Å². The summed E-state index contributed by atoms with van der Waals surface area (Å²) in [5.74, 6) is -0.293. The SMILES string of the molecule is O=C(Nc1cccc(SC(C(=O)Nc2ccc3ccccc3c2)c2ccccc2)c1)c1ccc2ccccc2c1. The van der Waals surface area contributed by atoms with Gasteiger partial charge in [0.05, 0.1) is 0 Å². The molecule has 0 radical (unpaired) electrons. The molecule has 0 aliphatic heterocycles. The van der Waals surface area contributed by atoms with Gasteiger partial charge < -0.3 is 10.6 Å². The molecule has 4 nitrogen and oxygen atoms in total. The Hall–Kier alpha value is -4.87. The molecule has 0 fully saturated rings. The van der Waals surface area contributed by atoms with E-state index in [9.17, 15) is 9.59 Å². The standard InChI is InChI=1S/C35H26N2O2S/c38-34(29-18-17-24-9-4-6-13-27(24)21-29)36-30-15-8-16-32(23-30)40-33(26-11-2-1-3-12-26)35(39)37-31-20-19-25-10-5-7-14-28(25)22-31/h1-23,33H,(H,36,38)(H,37,39). The summed E-state index contributed by atoms with van der Waals surface area (Å²) in [4.78, 5) is 27.5. The van der Waals surface area contributed by atoms with Crippen LogP contribution in [0.4, 0.5) is 11.4 Å². The quantitative estimate of drug-likeness (QED) is 0.200. The molecule has 0 bridgehead atoms. The van der Waals surface area contributed by atoms with Crippen molar-refractivity contribution in [3.05, 3.63) is 151 Å². The molecule has 2 amide bonds. The van der Waals surface area contributed by atoms with Crippen molar-refractivity contribution in [3.63, 3.8) is 0 Å². The Morgan fingerprint density at radius 1 is 0.525 bits per heavy atom. The summed E-state index contributed by atoms with van der Waals surface area (Å²) in [6, 6.07) is 45.0. The van der Waals surface area contributed by atoms with Gasteiger partial charge in [-0.1, -0.05) is 97.1 Å². The zero-order chi connectivity index (χ0) is 27.3. The molecule has 40 heavy (non-hydrogen) atoms. The summed E-state index contributed by atoms with van der Waals surface area (Å²) in [6.07, 6.45) is 0. The third-order valence-electron chi connectivity index (χ3n) is 6.71. The number of carbonyl (C=O) groups is 2. The van der Waals surface area contributed by atoms with Crippen molar-refractivity contribution >= 4 is 56.5 Å². The van der Waals surface area contributed by atoms with Crippen molar-refractivity contribution in [2.45, 2.75) is 10.1 Å². The van der Waals surface area contributed by atoms with Gasteiger partial charge in [0.2, 0.25) is 5.91 Å². The third-order valence-corrected chi connectivity index (χ3v) is 7.96. The summed E-state index contributed by atoms with van der Waals surface area (Å²) in [7, 11) is 0. The van der Waals surface area contributed by atoms with Gasteiger partial charge >= 0.3 is 0 Å². The highest BCUT2D eigenvalue weighted by Gasteiger charge is 2.22. The van der Waals surface area contributed by atoms with Gasteiger partial charge in [0.1, 0.15) is 5.25 Å². The molecule has 0 aliphatic rings. The Kier molecular flexibility index (Phi) is 7.29. The Morgan fingerprint density at radius 3 is 1.90 bits per heavy atom. The number of carbonyl (C=O) groups excluding carboxylic acids is 2. The van der Waals surface area contributed by atoms with Gasteiger partial charge in [0.25, 0.3) is 5.91 Å². The van der Waals surface area contributed by atoms with E-state index in [1.165, 1.54) is 11.8 Å². The van der Waals surface area contributed by atoms with Crippen molar-refractivity contribution < 1.29 is 9.59 Å². The number of thioether (sulfide) groups is 1. The molecule has 0 saturated heterocycles. The van der Waals surface area contributed by atoms with Crippen LogP contribution in [0.2, 0.25) is 0 Å². The largest absolute Gasteiger partial charge is 0.325 e. The fourth-order valence-corrected chi connectivity index (χ4v) is 5.78. The molecule has 6 rings (SSSR count). The first kappa shape index (κ1) is 25.4. The van der Waals surface area contributed by atoms with E-state index in [0.717, 1.165) is 37.7 Å². The summed E-state index contributed by atoms with van der Waals surface area (Å²) in [6.45, 7) is 0. The van der Waals surface area contributed by atoms with E-state index in [0.29, 0.717) is 11.3 Å². The van der Waals surface area contributed by atoms with Crippen LogP contribution in [0, 0.1) is 0 Å². The first-order chi connectivity index (χ1) is 19.6. The van der Waals surface area contributed by atoms with E-state index < -0.39 is 5.25 Å². The number of amides is 2. The first-order valence-corrected chi connectivity index (χ1v) is 13.9.